The number of H-pyrrole nitrogens is 1. The van der Waals surface area contributed by atoms with Gasteiger partial charge in [0.05, 0.1) is 0 Å². The van der Waals surface area contributed by atoms with Gasteiger partial charge in [-0.15, -0.1) is 0 Å². The first kappa shape index (κ1) is 16.1. The SMILES string of the molecule is O=C(NC1CCCN(c2cccc(F)c2)C1)c1n[nH]c2c1CNCC2. The van der Waals surface area contributed by atoms with Gasteiger partial charge in [-0.2, -0.15) is 5.10 Å². The molecule has 6 nitrogen and oxygen atoms in total. The highest BCUT2D eigenvalue weighted by Gasteiger charge is 2.26. The Hall–Kier alpha value is -2.41. The van der Waals surface area contributed by atoms with Gasteiger partial charge in [0.25, 0.3) is 5.91 Å². The Balaban J connectivity index is 1.44. The summed E-state index contributed by atoms with van der Waals surface area (Å²) in [4.78, 5) is 14.8. The number of anilines is 1. The fourth-order valence-electron chi connectivity index (χ4n) is 3.67. The largest absolute Gasteiger partial charge is 0.369 e. The summed E-state index contributed by atoms with van der Waals surface area (Å²) >= 11 is 0. The van der Waals surface area contributed by atoms with Crippen molar-refractivity contribution in [2.75, 3.05) is 24.5 Å². The summed E-state index contributed by atoms with van der Waals surface area (Å²) in [6, 6.07) is 6.65. The molecule has 0 spiro atoms. The summed E-state index contributed by atoms with van der Waals surface area (Å²) < 4.78 is 13.5. The van der Waals surface area contributed by atoms with Gasteiger partial charge in [0.15, 0.2) is 5.69 Å². The molecule has 4 rings (SSSR count). The lowest BCUT2D eigenvalue weighted by atomic mass is 10.0. The fourth-order valence-corrected chi connectivity index (χ4v) is 3.67. The van der Waals surface area contributed by atoms with Gasteiger partial charge in [0.1, 0.15) is 5.82 Å². The van der Waals surface area contributed by atoms with Crippen LogP contribution in [0.2, 0.25) is 0 Å². The fraction of sp³-hybridized carbons (Fsp3) is 0.444. The van der Waals surface area contributed by atoms with E-state index in [2.05, 4.69) is 25.7 Å². The van der Waals surface area contributed by atoms with Crippen LogP contribution in [0, 0.1) is 5.82 Å². The molecule has 3 heterocycles. The number of piperidine rings is 1. The number of carbonyl (C=O) groups excluding carboxylic acids is 1. The molecule has 2 aliphatic heterocycles. The molecular formula is C18H22FN5O. The number of hydrogen-bond acceptors (Lipinski definition) is 4. The summed E-state index contributed by atoms with van der Waals surface area (Å²) in [6.07, 6.45) is 2.75. The van der Waals surface area contributed by atoms with Crippen LogP contribution in [0.1, 0.15) is 34.6 Å². The van der Waals surface area contributed by atoms with Crippen LogP contribution in [0.4, 0.5) is 10.1 Å². The maximum absolute atomic E-state index is 13.5. The highest BCUT2D eigenvalue weighted by atomic mass is 19.1. The molecule has 0 aliphatic carbocycles. The van der Waals surface area contributed by atoms with Crippen LogP contribution in [0.5, 0.6) is 0 Å². The maximum Gasteiger partial charge on any atom is 0.272 e. The van der Waals surface area contributed by atoms with Gasteiger partial charge in [0.2, 0.25) is 0 Å². The van der Waals surface area contributed by atoms with E-state index in [0.717, 1.165) is 49.3 Å². The monoisotopic (exact) mass is 343 g/mol. The van der Waals surface area contributed by atoms with Crippen LogP contribution < -0.4 is 15.5 Å². The van der Waals surface area contributed by atoms with E-state index in [1.165, 1.54) is 6.07 Å². The summed E-state index contributed by atoms with van der Waals surface area (Å²) in [5.41, 5.74) is 3.38. The van der Waals surface area contributed by atoms with E-state index in [1.807, 2.05) is 6.07 Å². The second kappa shape index (κ2) is 6.84. The van der Waals surface area contributed by atoms with Crippen molar-refractivity contribution in [2.24, 2.45) is 0 Å². The topological polar surface area (TPSA) is 73.0 Å². The number of aromatic amines is 1. The molecule has 0 bridgehead atoms. The molecule has 0 radical (unpaired) electrons. The lowest BCUT2D eigenvalue weighted by Crippen LogP contribution is -2.48. The van der Waals surface area contributed by atoms with Crippen LogP contribution in [0.3, 0.4) is 0 Å². The molecule has 3 N–H and O–H groups in total. The maximum atomic E-state index is 13.5. The number of fused-ring (bicyclic) bond motifs is 1. The van der Waals surface area contributed by atoms with Gasteiger partial charge in [-0.1, -0.05) is 6.07 Å². The number of halogens is 1. The third-order valence-corrected chi connectivity index (χ3v) is 4.95. The van der Waals surface area contributed by atoms with Crippen LogP contribution in [-0.2, 0) is 13.0 Å². The molecule has 0 saturated carbocycles. The van der Waals surface area contributed by atoms with E-state index < -0.39 is 0 Å². The first-order valence-electron chi connectivity index (χ1n) is 8.79. The molecule has 1 aromatic heterocycles. The molecule has 1 fully saturated rings. The van der Waals surface area contributed by atoms with Crippen molar-refractivity contribution >= 4 is 11.6 Å². The number of amides is 1. The summed E-state index contributed by atoms with van der Waals surface area (Å²) in [5.74, 6) is -0.369. The van der Waals surface area contributed by atoms with Crippen LogP contribution in [0.15, 0.2) is 24.3 Å². The molecule has 7 heteroatoms. The highest BCUT2D eigenvalue weighted by molar-refractivity contribution is 5.94. The molecule has 2 aromatic rings. The second-order valence-corrected chi connectivity index (χ2v) is 6.69. The zero-order valence-corrected chi connectivity index (χ0v) is 14.0. The first-order valence-corrected chi connectivity index (χ1v) is 8.79. The average Bonchev–Trinajstić information content (AvgIpc) is 3.06. The van der Waals surface area contributed by atoms with E-state index >= 15 is 0 Å². The second-order valence-electron chi connectivity index (χ2n) is 6.69. The number of nitrogens with zero attached hydrogens (tertiary/aromatic N) is 2. The van der Waals surface area contributed by atoms with Gasteiger partial charge in [-0.25, -0.2) is 4.39 Å². The Bertz CT molecular complexity index is 775. The molecular weight excluding hydrogens is 321 g/mol. The van der Waals surface area contributed by atoms with E-state index in [4.69, 9.17) is 0 Å². The van der Waals surface area contributed by atoms with Gasteiger partial charge < -0.3 is 15.5 Å². The standard InChI is InChI=1S/C18H22FN5O/c19-12-3-1-5-14(9-12)24-8-2-4-13(11-24)21-18(25)17-15-10-20-7-6-16(15)22-23-17/h1,3,5,9,13,20H,2,4,6-8,10-11H2,(H,21,25)(H,22,23). The van der Waals surface area contributed by atoms with Gasteiger partial charge in [-0.05, 0) is 31.0 Å². The predicted molar refractivity (Wildman–Crippen MR) is 93.1 cm³/mol. The summed E-state index contributed by atoms with van der Waals surface area (Å²) in [5, 5.41) is 13.6. The Kier molecular flexibility index (Phi) is 4.40. The molecule has 1 unspecified atom stereocenters. The number of aromatic nitrogens is 2. The number of nitrogens with one attached hydrogen (secondary N) is 3. The highest BCUT2D eigenvalue weighted by Crippen LogP contribution is 2.21. The minimum Gasteiger partial charge on any atom is -0.369 e. The Labute approximate surface area is 145 Å². The minimum absolute atomic E-state index is 0.0356. The van der Waals surface area contributed by atoms with Crippen molar-refractivity contribution in [1.29, 1.82) is 0 Å². The normalized spacial score (nSPS) is 20.2. The van der Waals surface area contributed by atoms with Gasteiger partial charge in [0, 0.05) is 55.6 Å². The quantitative estimate of drug-likeness (QED) is 0.791. The van der Waals surface area contributed by atoms with Crippen molar-refractivity contribution in [1.82, 2.24) is 20.8 Å². The molecule has 25 heavy (non-hydrogen) atoms. The lowest BCUT2D eigenvalue weighted by molar-refractivity contribution is 0.0927. The molecule has 1 saturated heterocycles. The molecule has 1 atom stereocenters. The van der Waals surface area contributed by atoms with Gasteiger partial charge in [-0.3, -0.25) is 9.89 Å². The van der Waals surface area contributed by atoms with Crippen LogP contribution in [0.25, 0.3) is 0 Å². The van der Waals surface area contributed by atoms with Crippen molar-refractivity contribution in [2.45, 2.75) is 31.8 Å². The number of benzene rings is 1. The third kappa shape index (κ3) is 3.37. The number of hydrogen-bond donors (Lipinski definition) is 3. The molecule has 1 amide bonds. The predicted octanol–water partition coefficient (Wildman–Crippen LogP) is 1.59. The summed E-state index contributed by atoms with van der Waals surface area (Å²) in [7, 11) is 0. The number of rotatable bonds is 3. The lowest BCUT2D eigenvalue weighted by Gasteiger charge is -2.34. The van der Waals surface area contributed by atoms with Crippen LogP contribution in [-0.4, -0.2) is 41.8 Å². The Morgan fingerprint density at radius 3 is 3.20 bits per heavy atom. The van der Waals surface area contributed by atoms with Crippen molar-refractivity contribution in [3.8, 4) is 0 Å². The van der Waals surface area contributed by atoms with E-state index in [-0.39, 0.29) is 17.8 Å². The zero-order valence-electron chi connectivity index (χ0n) is 14.0. The third-order valence-electron chi connectivity index (χ3n) is 4.95. The summed E-state index contributed by atoms with van der Waals surface area (Å²) in [6.45, 7) is 3.13. The van der Waals surface area contributed by atoms with E-state index in [9.17, 15) is 9.18 Å². The van der Waals surface area contributed by atoms with Crippen LogP contribution >= 0.6 is 0 Å². The zero-order chi connectivity index (χ0) is 17.2. The van der Waals surface area contributed by atoms with E-state index in [0.29, 0.717) is 18.8 Å². The number of carbonyl (C=O) groups is 1. The average molecular weight is 343 g/mol. The van der Waals surface area contributed by atoms with Crippen molar-refractivity contribution in [3.05, 3.63) is 47.0 Å². The van der Waals surface area contributed by atoms with E-state index in [1.54, 1.807) is 12.1 Å². The first-order chi connectivity index (χ1) is 12.2. The minimum atomic E-state index is -0.237. The van der Waals surface area contributed by atoms with Gasteiger partial charge >= 0.3 is 0 Å². The molecule has 1 aromatic carbocycles. The van der Waals surface area contributed by atoms with Crippen molar-refractivity contribution in [3.63, 3.8) is 0 Å². The van der Waals surface area contributed by atoms with Crippen molar-refractivity contribution < 1.29 is 9.18 Å². The Morgan fingerprint density at radius 1 is 1.40 bits per heavy atom. The molecule has 2 aliphatic rings. The Morgan fingerprint density at radius 2 is 2.32 bits per heavy atom. The molecule has 132 valence electrons. The smallest absolute Gasteiger partial charge is 0.272 e.